The molecule has 0 radical (unpaired) electrons. The maximum Gasteiger partial charge on any atom is 0.177 e. The number of terminal acetylenes is 1. The summed E-state index contributed by atoms with van der Waals surface area (Å²) in [5, 5.41) is 7.82. The molecule has 0 atom stereocenters. The highest BCUT2D eigenvalue weighted by Gasteiger charge is 1.99. The van der Waals surface area contributed by atoms with Crippen LogP contribution in [0.3, 0.4) is 0 Å². The van der Waals surface area contributed by atoms with E-state index in [0.717, 1.165) is 11.3 Å². The van der Waals surface area contributed by atoms with Gasteiger partial charge in [-0.1, -0.05) is 11.1 Å². The third-order valence-electron chi connectivity index (χ3n) is 1.47. The summed E-state index contributed by atoms with van der Waals surface area (Å²) in [6.45, 7) is 2.03. The number of aryl methyl sites for hydroxylation is 1. The first-order valence-electron chi connectivity index (χ1n) is 3.83. The highest BCUT2D eigenvalue weighted by Crippen LogP contribution is 1.98. The van der Waals surface area contributed by atoms with Crippen molar-refractivity contribution in [1.29, 1.82) is 0 Å². The Morgan fingerprint density at radius 3 is 3.15 bits per heavy atom. The molecule has 0 fully saturated rings. The Hall–Kier alpha value is -1.76. The maximum atomic E-state index is 5.00. The van der Waals surface area contributed by atoms with Crippen molar-refractivity contribution in [3.63, 3.8) is 0 Å². The molecule has 0 bridgehead atoms. The van der Waals surface area contributed by atoms with Gasteiger partial charge in [-0.05, 0) is 6.92 Å². The molecule has 4 nitrogen and oxygen atoms in total. The summed E-state index contributed by atoms with van der Waals surface area (Å²) in [4.78, 5) is 4.82. The third kappa shape index (κ3) is 2.64. The van der Waals surface area contributed by atoms with Gasteiger partial charge >= 0.3 is 0 Å². The molecule has 0 N–H and O–H groups in total. The van der Waals surface area contributed by atoms with E-state index in [2.05, 4.69) is 16.2 Å². The van der Waals surface area contributed by atoms with E-state index in [-0.39, 0.29) is 6.61 Å². The van der Waals surface area contributed by atoms with Crippen molar-refractivity contribution in [2.45, 2.75) is 6.92 Å². The number of aromatic nitrogens is 2. The molecule has 1 aromatic heterocycles. The Bertz CT molecular complexity index is 346. The van der Waals surface area contributed by atoms with Crippen LogP contribution in [0.15, 0.2) is 17.5 Å². The molecule has 0 aliphatic heterocycles. The Kier molecular flexibility index (Phi) is 3.09. The van der Waals surface area contributed by atoms with Gasteiger partial charge in [0.1, 0.15) is 0 Å². The fourth-order valence-corrected chi connectivity index (χ4v) is 0.827. The van der Waals surface area contributed by atoms with Crippen LogP contribution in [0.1, 0.15) is 12.5 Å². The molecule has 1 heterocycles. The van der Waals surface area contributed by atoms with Gasteiger partial charge in [0.05, 0.1) is 11.9 Å². The van der Waals surface area contributed by atoms with E-state index in [1.807, 2.05) is 20.2 Å². The molecule has 0 spiro atoms. The quantitative estimate of drug-likeness (QED) is 0.296. The molecule has 0 aliphatic rings. The molecule has 68 valence electrons. The van der Waals surface area contributed by atoms with Crippen molar-refractivity contribution in [3.8, 4) is 12.3 Å². The summed E-state index contributed by atoms with van der Waals surface area (Å²) in [6, 6.07) is 0. The van der Waals surface area contributed by atoms with Crippen LogP contribution in [0.5, 0.6) is 0 Å². The fourth-order valence-electron chi connectivity index (χ4n) is 0.827. The van der Waals surface area contributed by atoms with Crippen LogP contribution in [0.25, 0.3) is 0 Å². The van der Waals surface area contributed by atoms with Gasteiger partial charge in [-0.25, -0.2) is 0 Å². The van der Waals surface area contributed by atoms with E-state index in [9.17, 15) is 0 Å². The predicted octanol–water partition coefficient (Wildman–Crippen LogP) is 0.794. The van der Waals surface area contributed by atoms with Crippen molar-refractivity contribution in [3.05, 3.63) is 18.0 Å². The predicted molar refractivity (Wildman–Crippen MR) is 50.2 cm³/mol. The van der Waals surface area contributed by atoms with Crippen molar-refractivity contribution in [2.24, 2.45) is 12.2 Å². The standard InChI is InChI=1S/C9H11N3O/c1-4-5-13-11-8(2)9-6-10-12(3)7-9/h1,6-7H,5H2,2-3H3/b11-8+. The van der Waals surface area contributed by atoms with Crippen LogP contribution < -0.4 is 0 Å². The summed E-state index contributed by atoms with van der Waals surface area (Å²) >= 11 is 0. The third-order valence-corrected chi connectivity index (χ3v) is 1.47. The maximum absolute atomic E-state index is 5.00. The van der Waals surface area contributed by atoms with E-state index >= 15 is 0 Å². The summed E-state index contributed by atoms with van der Waals surface area (Å²) in [7, 11) is 1.85. The Balaban J connectivity index is 2.63. The minimum absolute atomic E-state index is 0.192. The molecule has 4 heteroatoms. The zero-order valence-corrected chi connectivity index (χ0v) is 7.69. The van der Waals surface area contributed by atoms with Gasteiger partial charge < -0.3 is 4.84 Å². The molecule has 1 rings (SSSR count). The van der Waals surface area contributed by atoms with E-state index < -0.39 is 0 Å². The molecule has 0 unspecified atom stereocenters. The second-order valence-electron chi connectivity index (χ2n) is 2.56. The zero-order chi connectivity index (χ0) is 9.68. The van der Waals surface area contributed by atoms with Gasteiger partial charge in [-0.2, -0.15) is 5.10 Å². The molecular weight excluding hydrogens is 166 g/mol. The van der Waals surface area contributed by atoms with Gasteiger partial charge in [-0.3, -0.25) is 4.68 Å². The summed E-state index contributed by atoms with van der Waals surface area (Å²) < 4.78 is 1.70. The van der Waals surface area contributed by atoms with E-state index in [1.165, 1.54) is 0 Å². The molecule has 1 aromatic rings. The monoisotopic (exact) mass is 177 g/mol. The topological polar surface area (TPSA) is 39.4 Å². The summed E-state index contributed by atoms with van der Waals surface area (Å²) in [5.41, 5.74) is 1.70. The first-order valence-corrected chi connectivity index (χ1v) is 3.83. The normalized spacial score (nSPS) is 11.0. The fraction of sp³-hybridized carbons (Fsp3) is 0.333. The van der Waals surface area contributed by atoms with Crippen molar-refractivity contribution >= 4 is 5.71 Å². The minimum Gasteiger partial charge on any atom is -0.382 e. The van der Waals surface area contributed by atoms with Gasteiger partial charge in [0.2, 0.25) is 0 Å². The largest absolute Gasteiger partial charge is 0.382 e. The Labute approximate surface area is 77.2 Å². The van der Waals surface area contributed by atoms with Gasteiger partial charge in [0.25, 0.3) is 0 Å². The minimum atomic E-state index is 0.192. The molecular formula is C9H11N3O. The lowest BCUT2D eigenvalue weighted by Crippen LogP contribution is -1.95. The van der Waals surface area contributed by atoms with Crippen LogP contribution in [0.2, 0.25) is 0 Å². The Morgan fingerprint density at radius 1 is 1.85 bits per heavy atom. The van der Waals surface area contributed by atoms with Gasteiger partial charge in [0, 0.05) is 18.8 Å². The molecule has 0 amide bonds. The number of oxime groups is 1. The number of rotatable bonds is 3. The van der Waals surface area contributed by atoms with E-state index in [1.54, 1.807) is 10.9 Å². The summed E-state index contributed by atoms with van der Waals surface area (Å²) in [5.74, 6) is 2.33. The second-order valence-corrected chi connectivity index (χ2v) is 2.56. The van der Waals surface area contributed by atoms with Crippen molar-refractivity contribution < 1.29 is 4.84 Å². The molecule has 13 heavy (non-hydrogen) atoms. The van der Waals surface area contributed by atoms with E-state index in [4.69, 9.17) is 11.3 Å². The van der Waals surface area contributed by atoms with Gasteiger partial charge in [-0.15, -0.1) is 6.42 Å². The molecule has 0 aliphatic carbocycles. The lowest BCUT2D eigenvalue weighted by Gasteiger charge is -1.94. The first-order chi connectivity index (χ1) is 6.24. The van der Waals surface area contributed by atoms with Crippen molar-refractivity contribution in [1.82, 2.24) is 9.78 Å². The second kappa shape index (κ2) is 4.31. The van der Waals surface area contributed by atoms with Crippen LogP contribution in [-0.2, 0) is 11.9 Å². The Morgan fingerprint density at radius 2 is 2.62 bits per heavy atom. The number of hydrogen-bond acceptors (Lipinski definition) is 3. The highest BCUT2D eigenvalue weighted by molar-refractivity contribution is 5.97. The van der Waals surface area contributed by atoms with Gasteiger partial charge in [0.15, 0.2) is 6.61 Å². The number of nitrogens with zero attached hydrogens (tertiary/aromatic N) is 3. The van der Waals surface area contributed by atoms with Crippen LogP contribution in [-0.4, -0.2) is 22.1 Å². The average Bonchev–Trinajstić information content (AvgIpc) is 2.52. The lowest BCUT2D eigenvalue weighted by molar-refractivity contribution is 0.180. The molecule has 0 saturated carbocycles. The average molecular weight is 177 g/mol. The van der Waals surface area contributed by atoms with Crippen LogP contribution in [0, 0.1) is 12.3 Å². The SMILES string of the molecule is C#CCO/N=C(\C)c1cnn(C)c1. The smallest absolute Gasteiger partial charge is 0.177 e. The van der Waals surface area contributed by atoms with Crippen LogP contribution in [0.4, 0.5) is 0 Å². The van der Waals surface area contributed by atoms with Crippen LogP contribution >= 0.6 is 0 Å². The van der Waals surface area contributed by atoms with E-state index in [0.29, 0.717) is 0 Å². The number of hydrogen-bond donors (Lipinski definition) is 0. The molecule has 0 aromatic carbocycles. The van der Waals surface area contributed by atoms with Crippen molar-refractivity contribution in [2.75, 3.05) is 6.61 Å². The molecule has 0 saturated heterocycles. The zero-order valence-electron chi connectivity index (χ0n) is 7.69. The highest BCUT2D eigenvalue weighted by atomic mass is 16.6. The first kappa shape index (κ1) is 9.33. The summed E-state index contributed by atoms with van der Waals surface area (Å²) in [6.07, 6.45) is 8.58. The lowest BCUT2D eigenvalue weighted by atomic mass is 10.2.